The Morgan fingerprint density at radius 1 is 1.30 bits per heavy atom. The van der Waals surface area contributed by atoms with Crippen LogP contribution < -0.4 is 4.74 Å². The van der Waals surface area contributed by atoms with Gasteiger partial charge in [-0.2, -0.15) is 0 Å². The average Bonchev–Trinajstić information content (AvgIpc) is 2.47. The number of carbonyl (C=O) groups excluding carboxylic acids is 1. The van der Waals surface area contributed by atoms with Gasteiger partial charge in [0.15, 0.2) is 5.69 Å². The number of ether oxygens (including phenoxy) is 2. The second kappa shape index (κ2) is 5.74. The molecule has 0 radical (unpaired) electrons. The molecule has 1 heterocycles. The van der Waals surface area contributed by atoms with Crippen molar-refractivity contribution >= 4 is 11.7 Å². The minimum Gasteiger partial charge on any atom is -0.464 e. The summed E-state index contributed by atoms with van der Waals surface area (Å²) >= 11 is 0. The van der Waals surface area contributed by atoms with Crippen molar-refractivity contribution in [3.63, 3.8) is 0 Å². The van der Waals surface area contributed by atoms with Gasteiger partial charge in [0.1, 0.15) is 5.75 Å². The largest absolute Gasteiger partial charge is 0.464 e. The lowest BCUT2D eigenvalue weighted by molar-refractivity contribution is -0.384. The van der Waals surface area contributed by atoms with Gasteiger partial charge in [-0.3, -0.25) is 10.1 Å². The third kappa shape index (κ3) is 3.05. The highest BCUT2D eigenvalue weighted by atomic mass is 16.6. The van der Waals surface area contributed by atoms with E-state index in [2.05, 4.69) is 14.7 Å². The summed E-state index contributed by atoms with van der Waals surface area (Å²) in [6.45, 7) is 0. The first-order chi connectivity index (χ1) is 9.60. The van der Waals surface area contributed by atoms with Crippen LogP contribution in [0.25, 0.3) is 0 Å². The molecule has 20 heavy (non-hydrogen) atoms. The van der Waals surface area contributed by atoms with Crippen LogP contribution in [0.1, 0.15) is 10.5 Å². The van der Waals surface area contributed by atoms with Gasteiger partial charge in [0.25, 0.3) is 5.69 Å². The summed E-state index contributed by atoms with van der Waals surface area (Å²) in [5, 5.41) is 10.6. The minimum atomic E-state index is -0.612. The maximum absolute atomic E-state index is 11.2. The van der Waals surface area contributed by atoms with Crippen LogP contribution in [0.15, 0.2) is 36.7 Å². The molecule has 0 amide bonds. The summed E-state index contributed by atoms with van der Waals surface area (Å²) in [5.41, 5.74) is -0.0551. The number of non-ortho nitro benzene ring substituents is 1. The van der Waals surface area contributed by atoms with E-state index >= 15 is 0 Å². The quantitative estimate of drug-likeness (QED) is 0.477. The van der Waals surface area contributed by atoms with E-state index in [9.17, 15) is 14.9 Å². The molecule has 0 saturated carbocycles. The summed E-state index contributed by atoms with van der Waals surface area (Å²) < 4.78 is 9.79. The monoisotopic (exact) mass is 275 g/mol. The van der Waals surface area contributed by atoms with Crippen LogP contribution in [0.5, 0.6) is 11.6 Å². The van der Waals surface area contributed by atoms with Crippen LogP contribution in [0.3, 0.4) is 0 Å². The summed E-state index contributed by atoms with van der Waals surface area (Å²) in [7, 11) is 1.23. The molecule has 2 rings (SSSR count). The predicted molar refractivity (Wildman–Crippen MR) is 66.5 cm³/mol. The summed E-state index contributed by atoms with van der Waals surface area (Å²) in [4.78, 5) is 28.9. The second-order valence-electron chi connectivity index (χ2n) is 3.59. The van der Waals surface area contributed by atoms with E-state index in [0.717, 1.165) is 0 Å². The predicted octanol–water partition coefficient (Wildman–Crippen LogP) is 1.96. The van der Waals surface area contributed by atoms with E-state index < -0.39 is 10.9 Å². The molecule has 8 nitrogen and oxygen atoms in total. The molecule has 0 unspecified atom stereocenters. The smallest absolute Gasteiger partial charge is 0.358 e. The minimum absolute atomic E-state index is 0.0406. The van der Waals surface area contributed by atoms with Crippen molar-refractivity contribution in [2.24, 2.45) is 0 Å². The van der Waals surface area contributed by atoms with Gasteiger partial charge < -0.3 is 9.47 Å². The number of nitrogens with zero attached hydrogens (tertiary/aromatic N) is 3. The van der Waals surface area contributed by atoms with E-state index in [0.29, 0.717) is 0 Å². The molecule has 0 atom stereocenters. The number of methoxy groups -OCH3 is 1. The molecule has 0 saturated heterocycles. The number of carbonyl (C=O) groups is 1. The number of nitro benzene ring substituents is 1. The standard InChI is InChI=1S/C12H9N3O5/c1-19-12(16)10-6-14-11(7-13-10)20-9-4-2-3-8(5-9)15(17)18/h2-7H,1H3. The molecule has 102 valence electrons. The molecule has 0 aliphatic rings. The Morgan fingerprint density at radius 3 is 2.70 bits per heavy atom. The van der Waals surface area contributed by atoms with E-state index in [1.807, 2.05) is 0 Å². The third-order valence-corrected chi connectivity index (χ3v) is 2.27. The van der Waals surface area contributed by atoms with Gasteiger partial charge in [0, 0.05) is 6.07 Å². The zero-order valence-electron chi connectivity index (χ0n) is 10.3. The first-order valence-electron chi connectivity index (χ1n) is 5.43. The molecular weight excluding hydrogens is 266 g/mol. The van der Waals surface area contributed by atoms with Crippen molar-refractivity contribution in [2.45, 2.75) is 0 Å². The summed E-state index contributed by atoms with van der Waals surface area (Å²) in [6, 6.07) is 5.64. The van der Waals surface area contributed by atoms with Crippen molar-refractivity contribution < 1.29 is 19.2 Å². The highest BCUT2D eigenvalue weighted by Crippen LogP contribution is 2.23. The van der Waals surface area contributed by atoms with Gasteiger partial charge in [0.05, 0.1) is 30.5 Å². The molecule has 1 aromatic heterocycles. The van der Waals surface area contributed by atoms with Crippen molar-refractivity contribution in [1.82, 2.24) is 9.97 Å². The van der Waals surface area contributed by atoms with Crippen LogP contribution in [-0.4, -0.2) is 28.0 Å². The van der Waals surface area contributed by atoms with Crippen LogP contribution in [0, 0.1) is 10.1 Å². The average molecular weight is 275 g/mol. The van der Waals surface area contributed by atoms with Crippen LogP contribution in [0.2, 0.25) is 0 Å². The van der Waals surface area contributed by atoms with Crippen LogP contribution >= 0.6 is 0 Å². The molecule has 2 aromatic rings. The molecule has 0 spiro atoms. The normalized spacial score (nSPS) is 9.85. The molecular formula is C12H9N3O5. The number of hydrogen-bond donors (Lipinski definition) is 0. The zero-order valence-corrected chi connectivity index (χ0v) is 10.3. The Balaban J connectivity index is 2.16. The van der Waals surface area contributed by atoms with E-state index in [4.69, 9.17) is 4.74 Å². The van der Waals surface area contributed by atoms with Gasteiger partial charge >= 0.3 is 5.97 Å². The number of hydrogen-bond acceptors (Lipinski definition) is 7. The maximum atomic E-state index is 11.2. The highest BCUT2D eigenvalue weighted by Gasteiger charge is 2.10. The van der Waals surface area contributed by atoms with Gasteiger partial charge in [-0.05, 0) is 6.07 Å². The highest BCUT2D eigenvalue weighted by molar-refractivity contribution is 5.86. The molecule has 0 aliphatic carbocycles. The number of aromatic nitrogens is 2. The van der Waals surface area contributed by atoms with E-state index in [1.54, 1.807) is 6.07 Å². The Bertz CT molecular complexity index is 642. The maximum Gasteiger partial charge on any atom is 0.358 e. The topological polar surface area (TPSA) is 104 Å². The van der Waals surface area contributed by atoms with Gasteiger partial charge in [-0.25, -0.2) is 14.8 Å². The van der Waals surface area contributed by atoms with Crippen molar-refractivity contribution in [2.75, 3.05) is 7.11 Å². The van der Waals surface area contributed by atoms with Crippen molar-refractivity contribution in [1.29, 1.82) is 0 Å². The fourth-order valence-corrected chi connectivity index (χ4v) is 1.36. The van der Waals surface area contributed by atoms with Crippen molar-refractivity contribution in [3.8, 4) is 11.6 Å². The number of benzene rings is 1. The van der Waals surface area contributed by atoms with Crippen LogP contribution in [0.4, 0.5) is 5.69 Å². The molecule has 0 aliphatic heterocycles. The lowest BCUT2D eigenvalue weighted by atomic mass is 10.3. The third-order valence-electron chi connectivity index (χ3n) is 2.27. The van der Waals surface area contributed by atoms with E-state index in [1.165, 1.54) is 37.7 Å². The van der Waals surface area contributed by atoms with Crippen molar-refractivity contribution in [3.05, 3.63) is 52.5 Å². The Kier molecular flexibility index (Phi) is 3.85. The first-order valence-corrected chi connectivity index (χ1v) is 5.43. The SMILES string of the molecule is COC(=O)c1cnc(Oc2cccc([N+](=O)[O-])c2)cn1. The lowest BCUT2D eigenvalue weighted by Crippen LogP contribution is -2.04. The molecule has 0 N–H and O–H groups in total. The molecule has 1 aromatic carbocycles. The summed E-state index contributed by atoms with van der Waals surface area (Å²) in [6.07, 6.45) is 2.42. The summed E-state index contributed by atoms with van der Waals surface area (Å²) in [5.74, 6) is -0.253. The molecule has 0 bridgehead atoms. The zero-order chi connectivity index (χ0) is 14.5. The number of rotatable bonds is 4. The van der Waals surface area contributed by atoms with E-state index in [-0.39, 0.29) is 23.0 Å². The van der Waals surface area contributed by atoms with Gasteiger partial charge in [0.2, 0.25) is 5.88 Å². The number of nitro groups is 1. The number of esters is 1. The fourth-order valence-electron chi connectivity index (χ4n) is 1.36. The van der Waals surface area contributed by atoms with Crippen LogP contribution in [-0.2, 0) is 4.74 Å². The Labute approximate surface area is 113 Å². The second-order valence-corrected chi connectivity index (χ2v) is 3.59. The fraction of sp³-hybridized carbons (Fsp3) is 0.0833. The lowest BCUT2D eigenvalue weighted by Gasteiger charge is -2.04. The van der Waals surface area contributed by atoms with Gasteiger partial charge in [-0.15, -0.1) is 0 Å². The Morgan fingerprint density at radius 2 is 2.10 bits per heavy atom. The molecule has 8 heteroatoms. The van der Waals surface area contributed by atoms with Gasteiger partial charge in [-0.1, -0.05) is 6.07 Å². The molecule has 0 fully saturated rings. The Hall–Kier alpha value is -3.03. The first kappa shape index (κ1) is 13.4.